The number of nitrogens with zero attached hydrogens (tertiary/aromatic N) is 1. The Balaban J connectivity index is 0.000000184. The monoisotopic (exact) mass is 393 g/mol. The molecule has 0 bridgehead atoms. The predicted molar refractivity (Wildman–Crippen MR) is 125 cm³/mol. The molecular weight excluding hydrogens is 366 g/mol. The summed E-state index contributed by atoms with van der Waals surface area (Å²) in [5.41, 5.74) is 4.61. The highest BCUT2D eigenvalue weighted by Crippen LogP contribution is 2.26. The van der Waals surface area contributed by atoms with Crippen molar-refractivity contribution in [2.45, 2.75) is 5.92 Å². The maximum Gasteiger partial charge on any atom is 0.234 e. The molecule has 0 saturated carbocycles. The van der Waals surface area contributed by atoms with Gasteiger partial charge >= 0.3 is 0 Å². The Morgan fingerprint density at radius 3 is 1.13 bits per heavy atom. The van der Waals surface area contributed by atoms with E-state index in [9.17, 15) is 4.79 Å². The van der Waals surface area contributed by atoms with Crippen molar-refractivity contribution < 1.29 is 4.79 Å². The van der Waals surface area contributed by atoms with Crippen molar-refractivity contribution in [3.8, 4) is 11.1 Å². The Bertz CT molecular complexity index is 936. The van der Waals surface area contributed by atoms with Crippen LogP contribution in [0.2, 0.25) is 0 Å². The molecule has 150 valence electrons. The van der Waals surface area contributed by atoms with Crippen LogP contribution < -0.4 is 0 Å². The van der Waals surface area contributed by atoms with Gasteiger partial charge in [0.25, 0.3) is 0 Å². The van der Waals surface area contributed by atoms with Gasteiger partial charge in [-0.15, -0.1) is 0 Å². The third-order valence-electron chi connectivity index (χ3n) is 4.83. The zero-order valence-corrected chi connectivity index (χ0v) is 17.5. The predicted octanol–water partition coefficient (Wildman–Crippen LogP) is 6.26. The maximum atomic E-state index is 12.4. The van der Waals surface area contributed by atoms with Crippen molar-refractivity contribution in [2.24, 2.45) is 0 Å². The second-order valence-electron chi connectivity index (χ2n) is 7.22. The summed E-state index contributed by atoms with van der Waals surface area (Å²) in [5.74, 6) is -0.116. The average molecular weight is 394 g/mol. The number of hydrogen-bond acceptors (Lipinski definition) is 1. The number of hydrogen-bond donors (Lipinski definition) is 0. The number of benzene rings is 4. The highest BCUT2D eigenvalue weighted by Gasteiger charge is 2.23. The number of carbonyl (C=O) groups excluding carboxylic acids is 1. The second kappa shape index (κ2) is 10.8. The van der Waals surface area contributed by atoms with Crippen LogP contribution in [0.15, 0.2) is 121 Å². The lowest BCUT2D eigenvalue weighted by atomic mass is 9.90. The largest absolute Gasteiger partial charge is 0.348 e. The maximum absolute atomic E-state index is 12.4. The van der Waals surface area contributed by atoms with Crippen LogP contribution in [-0.4, -0.2) is 24.9 Å². The molecule has 0 aromatic heterocycles. The van der Waals surface area contributed by atoms with Crippen LogP contribution in [0.25, 0.3) is 11.1 Å². The quantitative estimate of drug-likeness (QED) is 0.401. The molecule has 0 spiro atoms. The van der Waals surface area contributed by atoms with E-state index in [0.29, 0.717) is 0 Å². The molecule has 4 rings (SSSR count). The molecule has 30 heavy (non-hydrogen) atoms. The zero-order valence-electron chi connectivity index (χ0n) is 17.5. The Morgan fingerprint density at radius 2 is 0.833 bits per heavy atom. The third kappa shape index (κ3) is 5.68. The molecule has 4 aromatic rings. The van der Waals surface area contributed by atoms with Crippen LogP contribution in [0.3, 0.4) is 0 Å². The summed E-state index contributed by atoms with van der Waals surface area (Å²) in [6.07, 6.45) is 0. The molecule has 0 saturated heterocycles. The molecule has 0 atom stereocenters. The number of amides is 1. The standard InChI is InChI=1S/C16H17NO.C12H10/c1-17(2)16(18)15(13-9-5-3-6-10-13)14-11-7-4-8-12-14;1-3-7-11(8-4-1)12-9-5-2-6-10-12/h3-12,15H,1-2H3;1-10H. The topological polar surface area (TPSA) is 20.3 Å². The summed E-state index contributed by atoms with van der Waals surface area (Å²) >= 11 is 0. The first kappa shape index (κ1) is 21.1. The van der Waals surface area contributed by atoms with E-state index in [1.54, 1.807) is 19.0 Å². The Morgan fingerprint density at radius 1 is 0.533 bits per heavy atom. The molecule has 0 unspecified atom stereocenters. The van der Waals surface area contributed by atoms with Gasteiger partial charge in [-0.05, 0) is 22.3 Å². The fourth-order valence-electron chi connectivity index (χ4n) is 3.29. The second-order valence-corrected chi connectivity index (χ2v) is 7.22. The highest BCUT2D eigenvalue weighted by molar-refractivity contribution is 5.86. The highest BCUT2D eigenvalue weighted by atomic mass is 16.2. The first-order chi connectivity index (χ1) is 14.7. The smallest absolute Gasteiger partial charge is 0.234 e. The van der Waals surface area contributed by atoms with Crippen molar-refractivity contribution in [3.63, 3.8) is 0 Å². The van der Waals surface area contributed by atoms with Crippen LogP contribution >= 0.6 is 0 Å². The summed E-state index contributed by atoms with van der Waals surface area (Å²) in [7, 11) is 3.59. The number of carbonyl (C=O) groups is 1. The van der Waals surface area contributed by atoms with E-state index in [-0.39, 0.29) is 11.8 Å². The summed E-state index contributed by atoms with van der Waals surface area (Å²) in [6, 6.07) is 40.6. The Kier molecular flexibility index (Phi) is 7.57. The zero-order chi connectivity index (χ0) is 21.2. The molecule has 0 N–H and O–H groups in total. The molecule has 0 aliphatic rings. The van der Waals surface area contributed by atoms with Crippen molar-refractivity contribution in [3.05, 3.63) is 132 Å². The molecule has 0 radical (unpaired) electrons. The number of rotatable bonds is 4. The van der Waals surface area contributed by atoms with Crippen LogP contribution in [0, 0.1) is 0 Å². The molecule has 2 nitrogen and oxygen atoms in total. The van der Waals surface area contributed by atoms with Crippen LogP contribution in [0.5, 0.6) is 0 Å². The van der Waals surface area contributed by atoms with Gasteiger partial charge in [-0.25, -0.2) is 0 Å². The SMILES string of the molecule is CN(C)C(=O)C(c1ccccc1)c1ccccc1.c1ccc(-c2ccccc2)cc1. The van der Waals surface area contributed by atoms with Gasteiger partial charge in [0.1, 0.15) is 0 Å². The van der Waals surface area contributed by atoms with Crippen molar-refractivity contribution in [1.82, 2.24) is 4.90 Å². The van der Waals surface area contributed by atoms with Gasteiger partial charge in [0.15, 0.2) is 0 Å². The van der Waals surface area contributed by atoms with E-state index < -0.39 is 0 Å². The normalized spacial score (nSPS) is 10.1. The molecule has 2 heteroatoms. The van der Waals surface area contributed by atoms with E-state index in [2.05, 4.69) is 48.5 Å². The van der Waals surface area contributed by atoms with Gasteiger partial charge < -0.3 is 4.90 Å². The summed E-state index contributed by atoms with van der Waals surface area (Å²) in [4.78, 5) is 14.0. The lowest BCUT2D eigenvalue weighted by Crippen LogP contribution is -2.28. The minimum atomic E-state index is -0.220. The van der Waals surface area contributed by atoms with E-state index in [1.807, 2.05) is 72.8 Å². The van der Waals surface area contributed by atoms with Gasteiger partial charge in [-0.3, -0.25) is 4.79 Å². The number of likely N-dealkylation sites (N-methyl/N-ethyl adjacent to an activating group) is 1. The molecule has 0 aliphatic carbocycles. The summed E-state index contributed by atoms with van der Waals surface area (Å²) in [5, 5.41) is 0. The molecule has 4 aromatic carbocycles. The van der Waals surface area contributed by atoms with E-state index in [0.717, 1.165) is 11.1 Å². The van der Waals surface area contributed by atoms with Gasteiger partial charge in [-0.2, -0.15) is 0 Å². The molecule has 0 heterocycles. The van der Waals surface area contributed by atoms with E-state index >= 15 is 0 Å². The third-order valence-corrected chi connectivity index (χ3v) is 4.83. The minimum Gasteiger partial charge on any atom is -0.348 e. The summed E-state index contributed by atoms with van der Waals surface area (Å²) < 4.78 is 0. The van der Waals surface area contributed by atoms with E-state index in [4.69, 9.17) is 0 Å². The van der Waals surface area contributed by atoms with Crippen molar-refractivity contribution in [1.29, 1.82) is 0 Å². The lowest BCUT2D eigenvalue weighted by molar-refractivity contribution is -0.129. The molecule has 0 fully saturated rings. The molecule has 0 aliphatic heterocycles. The Hall–Kier alpha value is -3.65. The van der Waals surface area contributed by atoms with E-state index in [1.165, 1.54) is 11.1 Å². The van der Waals surface area contributed by atoms with Gasteiger partial charge in [0.2, 0.25) is 5.91 Å². The van der Waals surface area contributed by atoms with Crippen molar-refractivity contribution >= 4 is 5.91 Å². The fraction of sp³-hybridized carbons (Fsp3) is 0.107. The lowest BCUT2D eigenvalue weighted by Gasteiger charge is -2.21. The Labute approximate surface area is 179 Å². The summed E-state index contributed by atoms with van der Waals surface area (Å²) in [6.45, 7) is 0. The first-order valence-electron chi connectivity index (χ1n) is 10.1. The van der Waals surface area contributed by atoms with Crippen LogP contribution in [-0.2, 0) is 4.79 Å². The van der Waals surface area contributed by atoms with Crippen LogP contribution in [0.4, 0.5) is 0 Å². The minimum absolute atomic E-state index is 0.104. The average Bonchev–Trinajstić information content (AvgIpc) is 2.82. The van der Waals surface area contributed by atoms with Gasteiger partial charge in [-0.1, -0.05) is 121 Å². The molecular formula is C28H27NO. The van der Waals surface area contributed by atoms with Crippen LogP contribution in [0.1, 0.15) is 17.0 Å². The molecule has 1 amide bonds. The van der Waals surface area contributed by atoms with Gasteiger partial charge in [0.05, 0.1) is 5.92 Å². The van der Waals surface area contributed by atoms with Gasteiger partial charge in [0, 0.05) is 14.1 Å². The first-order valence-corrected chi connectivity index (χ1v) is 10.1. The van der Waals surface area contributed by atoms with Crippen molar-refractivity contribution in [2.75, 3.05) is 14.1 Å². The fourth-order valence-corrected chi connectivity index (χ4v) is 3.29.